The van der Waals surface area contributed by atoms with Crippen molar-refractivity contribution in [2.24, 2.45) is 0 Å². The van der Waals surface area contributed by atoms with Gasteiger partial charge in [-0.05, 0) is 62.8 Å². The molecule has 3 aliphatic rings. The van der Waals surface area contributed by atoms with E-state index in [-0.39, 0.29) is 47.9 Å². The van der Waals surface area contributed by atoms with Gasteiger partial charge in [0.1, 0.15) is 22.9 Å². The van der Waals surface area contributed by atoms with Crippen LogP contribution in [0.15, 0.2) is 51.5 Å². The highest BCUT2D eigenvalue weighted by Gasteiger charge is 2.44. The van der Waals surface area contributed by atoms with Crippen molar-refractivity contribution in [3.63, 3.8) is 0 Å². The molecule has 1 aliphatic carbocycles. The van der Waals surface area contributed by atoms with Gasteiger partial charge in [-0.25, -0.2) is 0 Å². The Hall–Kier alpha value is -4.26. The fraction of sp³-hybridized carbons (Fsp3) is 0.414. The van der Waals surface area contributed by atoms with Gasteiger partial charge in [-0.3, -0.25) is 9.78 Å². The smallest absolute Gasteiger partial charge is 0.405 e. The number of carbonyl (C=O) groups is 1. The van der Waals surface area contributed by atoms with Gasteiger partial charge in [0.2, 0.25) is 0 Å². The first-order valence-electron chi connectivity index (χ1n) is 13.8. The highest BCUT2D eigenvalue weighted by atomic mass is 19.4. The highest BCUT2D eigenvalue weighted by molar-refractivity contribution is 5.74. The lowest BCUT2D eigenvalue weighted by Gasteiger charge is -2.37. The second-order valence-electron chi connectivity index (χ2n) is 10.9. The monoisotopic (exact) mass is 581 g/mol. The van der Waals surface area contributed by atoms with Crippen LogP contribution in [0.3, 0.4) is 0 Å². The maximum atomic E-state index is 13.1. The third-order valence-electron chi connectivity index (χ3n) is 8.06. The number of aromatic nitrogens is 4. The average Bonchev–Trinajstić information content (AvgIpc) is 3.44. The number of hydrogen-bond donors (Lipinski definition) is 0. The molecule has 3 aromatic heterocycles. The minimum absolute atomic E-state index is 0.0739. The molecule has 7 rings (SSSR count). The van der Waals surface area contributed by atoms with E-state index >= 15 is 0 Å². The second kappa shape index (κ2) is 10.5. The normalized spacial score (nSPS) is 22.0. The maximum absolute atomic E-state index is 13.1. The molecule has 3 fully saturated rings. The molecule has 2 aliphatic heterocycles. The molecule has 0 radical (unpaired) electrons. The molecule has 2 saturated heterocycles. The standard InChI is InChI=1S/C29H26F3N5O5/c30-29(31,32)41-24-4-2-1-3-21(24)25-22(26(42-36-25)17-6-7-17)15-39-20-11-18-8-9-19(12-20)37(18)28-35-34-27(40-28)23-10-5-16(14-38)13-33-23/h1-5,10,13-14,17-20H,6-9,11-12,15H2. The number of nitrogens with zero attached hydrogens (tertiary/aromatic N) is 5. The summed E-state index contributed by atoms with van der Waals surface area (Å²) in [7, 11) is 0. The first-order chi connectivity index (χ1) is 20.4. The van der Waals surface area contributed by atoms with Crippen LogP contribution in [-0.2, 0) is 11.3 Å². The first-order valence-corrected chi connectivity index (χ1v) is 13.8. The summed E-state index contributed by atoms with van der Waals surface area (Å²) >= 11 is 0. The lowest BCUT2D eigenvalue weighted by Crippen LogP contribution is -2.45. The van der Waals surface area contributed by atoms with Crippen LogP contribution in [0.2, 0.25) is 0 Å². The van der Waals surface area contributed by atoms with Gasteiger partial charge in [-0.1, -0.05) is 22.4 Å². The van der Waals surface area contributed by atoms with E-state index < -0.39 is 6.36 Å². The second-order valence-corrected chi connectivity index (χ2v) is 10.9. The number of hydrogen-bond acceptors (Lipinski definition) is 10. The van der Waals surface area contributed by atoms with Crippen molar-refractivity contribution in [1.29, 1.82) is 0 Å². The van der Waals surface area contributed by atoms with E-state index in [2.05, 4.69) is 30.0 Å². The average molecular weight is 582 g/mol. The van der Waals surface area contributed by atoms with Crippen LogP contribution in [0.1, 0.15) is 66.1 Å². The fourth-order valence-electron chi connectivity index (χ4n) is 6.02. The largest absolute Gasteiger partial charge is 0.573 e. The first kappa shape index (κ1) is 26.6. The quantitative estimate of drug-likeness (QED) is 0.215. The van der Waals surface area contributed by atoms with E-state index in [1.165, 1.54) is 18.3 Å². The number of para-hydroxylation sites is 1. The van der Waals surface area contributed by atoms with E-state index in [0.29, 0.717) is 34.3 Å². The molecule has 2 atom stereocenters. The Morgan fingerprint density at radius 2 is 1.81 bits per heavy atom. The van der Waals surface area contributed by atoms with E-state index in [1.54, 1.807) is 24.3 Å². The third kappa shape index (κ3) is 5.24. The number of rotatable bonds is 9. The topological polar surface area (TPSA) is 117 Å². The molecule has 4 aromatic rings. The third-order valence-corrected chi connectivity index (χ3v) is 8.06. The Kier molecular flexibility index (Phi) is 6.68. The number of fused-ring (bicyclic) bond motifs is 2. The fourth-order valence-corrected chi connectivity index (χ4v) is 6.02. The van der Waals surface area contributed by atoms with Crippen molar-refractivity contribution in [1.82, 2.24) is 20.3 Å². The van der Waals surface area contributed by atoms with Crippen LogP contribution < -0.4 is 9.64 Å². The molecule has 218 valence electrons. The Balaban J connectivity index is 1.07. The van der Waals surface area contributed by atoms with E-state index in [0.717, 1.165) is 44.8 Å². The van der Waals surface area contributed by atoms with Crippen molar-refractivity contribution >= 4 is 12.3 Å². The SMILES string of the molecule is O=Cc1ccc(-c2nnc(N3C4CCC3CC(OCc3c(-c5ccccc5OC(F)(F)F)noc3C3CC3)C4)o2)nc1. The summed E-state index contributed by atoms with van der Waals surface area (Å²) in [6, 6.07) is 9.95. The van der Waals surface area contributed by atoms with Crippen LogP contribution >= 0.6 is 0 Å². The van der Waals surface area contributed by atoms with Crippen molar-refractivity contribution in [2.45, 2.75) is 75.6 Å². The van der Waals surface area contributed by atoms with Gasteiger partial charge in [0.15, 0.2) is 6.29 Å². The summed E-state index contributed by atoms with van der Waals surface area (Å²) in [6.45, 7) is 0.169. The molecule has 0 spiro atoms. The molecule has 0 N–H and O–H groups in total. The summed E-state index contributed by atoms with van der Waals surface area (Å²) in [5.41, 5.74) is 2.13. The molecule has 1 aromatic carbocycles. The van der Waals surface area contributed by atoms with Gasteiger partial charge in [0.25, 0.3) is 5.89 Å². The van der Waals surface area contributed by atoms with Crippen LogP contribution in [0.25, 0.3) is 22.8 Å². The molecule has 5 heterocycles. The maximum Gasteiger partial charge on any atom is 0.573 e. The predicted molar refractivity (Wildman–Crippen MR) is 141 cm³/mol. The van der Waals surface area contributed by atoms with E-state index in [1.807, 2.05) is 0 Å². The number of alkyl halides is 3. The summed E-state index contributed by atoms with van der Waals surface area (Å²) in [4.78, 5) is 17.3. The number of carbonyl (C=O) groups excluding carboxylic acids is 1. The molecule has 1 saturated carbocycles. The highest BCUT2D eigenvalue weighted by Crippen LogP contribution is 2.46. The number of pyridine rings is 1. The Morgan fingerprint density at radius 3 is 2.50 bits per heavy atom. The molecule has 13 heteroatoms. The van der Waals surface area contributed by atoms with Crippen molar-refractivity contribution < 1.29 is 36.4 Å². The van der Waals surface area contributed by atoms with Crippen molar-refractivity contribution in [2.75, 3.05) is 4.90 Å². The lowest BCUT2D eigenvalue weighted by atomic mass is 9.99. The van der Waals surface area contributed by atoms with Crippen LogP contribution in [0.5, 0.6) is 5.75 Å². The van der Waals surface area contributed by atoms with Crippen molar-refractivity contribution in [3.05, 3.63) is 59.5 Å². The molecule has 2 bridgehead atoms. The number of anilines is 1. The molecule has 10 nitrogen and oxygen atoms in total. The van der Waals surface area contributed by atoms with Crippen LogP contribution in [-0.4, -0.2) is 51.2 Å². The molecular weight excluding hydrogens is 555 g/mol. The number of halogens is 3. The molecule has 2 unspecified atom stereocenters. The minimum Gasteiger partial charge on any atom is -0.405 e. The van der Waals surface area contributed by atoms with Crippen molar-refractivity contribution in [3.8, 4) is 28.6 Å². The van der Waals surface area contributed by atoms with Gasteiger partial charge >= 0.3 is 12.4 Å². The van der Waals surface area contributed by atoms with E-state index in [4.69, 9.17) is 13.7 Å². The Bertz CT molecular complexity index is 1570. The summed E-state index contributed by atoms with van der Waals surface area (Å²) in [5, 5.41) is 12.6. The van der Waals surface area contributed by atoms with Crippen LogP contribution in [0, 0.1) is 0 Å². The summed E-state index contributed by atoms with van der Waals surface area (Å²) in [6.07, 6.45) is 2.50. The zero-order valence-corrected chi connectivity index (χ0v) is 22.3. The van der Waals surface area contributed by atoms with Gasteiger partial charge in [-0.2, -0.15) is 0 Å². The molecular formula is C29H26F3N5O5. The number of benzene rings is 1. The molecule has 0 amide bonds. The number of aldehydes is 1. The van der Waals surface area contributed by atoms with Gasteiger partial charge in [0.05, 0.1) is 12.7 Å². The van der Waals surface area contributed by atoms with Gasteiger partial charge in [-0.15, -0.1) is 18.3 Å². The predicted octanol–water partition coefficient (Wildman–Crippen LogP) is 6.09. The van der Waals surface area contributed by atoms with Gasteiger partial charge < -0.3 is 23.3 Å². The lowest BCUT2D eigenvalue weighted by molar-refractivity contribution is -0.274. The summed E-state index contributed by atoms with van der Waals surface area (Å²) in [5.74, 6) is 0.805. The minimum atomic E-state index is -4.83. The Labute approximate surface area is 237 Å². The molecule has 42 heavy (non-hydrogen) atoms. The van der Waals surface area contributed by atoms with Crippen LogP contribution in [0.4, 0.5) is 19.2 Å². The number of ether oxygens (including phenoxy) is 2. The summed E-state index contributed by atoms with van der Waals surface area (Å²) < 4.78 is 61.6. The van der Waals surface area contributed by atoms with Gasteiger partial charge in [0, 0.05) is 40.9 Å². The van der Waals surface area contributed by atoms with E-state index in [9.17, 15) is 18.0 Å². The number of piperidine rings is 1. The Morgan fingerprint density at radius 1 is 1.02 bits per heavy atom. The zero-order valence-electron chi connectivity index (χ0n) is 22.3. The zero-order chi connectivity index (χ0) is 28.8.